The minimum Gasteiger partial charge on any atom is -0.353 e. The van der Waals surface area contributed by atoms with Gasteiger partial charge in [-0.3, -0.25) is 9.69 Å². The third-order valence-electron chi connectivity index (χ3n) is 5.59. The van der Waals surface area contributed by atoms with Crippen molar-refractivity contribution >= 4 is 17.4 Å². The van der Waals surface area contributed by atoms with Crippen molar-refractivity contribution in [2.75, 3.05) is 29.9 Å². The molecule has 2 bridgehead atoms. The second-order valence-electron chi connectivity index (χ2n) is 7.63. The summed E-state index contributed by atoms with van der Waals surface area (Å²) in [5.74, 6) is 1.89. The molecular formula is C21H27N5O. The van der Waals surface area contributed by atoms with Crippen molar-refractivity contribution in [3.8, 4) is 0 Å². The van der Waals surface area contributed by atoms with Crippen LogP contribution in [-0.2, 0) is 11.2 Å². The van der Waals surface area contributed by atoms with Gasteiger partial charge in [-0.2, -0.15) is 0 Å². The maximum absolute atomic E-state index is 12.5. The molecule has 0 aliphatic carbocycles. The summed E-state index contributed by atoms with van der Waals surface area (Å²) in [6.07, 6.45) is 2.17. The summed E-state index contributed by atoms with van der Waals surface area (Å²) in [5, 5.41) is 3.02. The fourth-order valence-corrected chi connectivity index (χ4v) is 4.18. The van der Waals surface area contributed by atoms with Gasteiger partial charge in [0.05, 0.1) is 6.54 Å². The van der Waals surface area contributed by atoms with Gasteiger partial charge in [-0.15, -0.1) is 0 Å². The number of rotatable bonds is 5. The van der Waals surface area contributed by atoms with Crippen molar-refractivity contribution in [2.45, 2.75) is 45.7 Å². The van der Waals surface area contributed by atoms with Crippen molar-refractivity contribution < 1.29 is 4.79 Å². The molecule has 0 spiro atoms. The van der Waals surface area contributed by atoms with E-state index in [1.807, 2.05) is 26.0 Å². The Morgan fingerprint density at radius 3 is 2.48 bits per heavy atom. The van der Waals surface area contributed by atoms with E-state index in [1.165, 1.54) is 5.56 Å². The zero-order chi connectivity index (χ0) is 19.0. The summed E-state index contributed by atoms with van der Waals surface area (Å²) < 4.78 is 0. The second kappa shape index (κ2) is 7.27. The summed E-state index contributed by atoms with van der Waals surface area (Å²) in [6, 6.07) is 11.0. The maximum Gasteiger partial charge on any atom is 0.238 e. The molecule has 4 heterocycles. The molecule has 3 aliphatic heterocycles. The fraction of sp³-hybridized carbons (Fsp3) is 0.476. The molecule has 3 aliphatic rings. The molecule has 142 valence electrons. The van der Waals surface area contributed by atoms with Crippen molar-refractivity contribution in [1.29, 1.82) is 0 Å². The first-order valence-electron chi connectivity index (χ1n) is 9.73. The second-order valence-corrected chi connectivity index (χ2v) is 7.63. The number of nitrogens with one attached hydrogen (secondary N) is 1. The highest BCUT2D eigenvalue weighted by molar-refractivity contribution is 5.92. The van der Waals surface area contributed by atoms with E-state index >= 15 is 0 Å². The summed E-state index contributed by atoms with van der Waals surface area (Å²) in [6.45, 7) is 8.37. The summed E-state index contributed by atoms with van der Waals surface area (Å²) in [5.41, 5.74) is 3.15. The van der Waals surface area contributed by atoms with E-state index in [0.29, 0.717) is 18.6 Å². The Kier molecular flexibility index (Phi) is 4.83. The molecule has 3 fully saturated rings. The Bertz CT molecular complexity index is 803. The average Bonchev–Trinajstić information content (AvgIpc) is 2.66. The Balaban J connectivity index is 1.34. The minimum atomic E-state index is 0.0659. The molecule has 1 amide bonds. The van der Waals surface area contributed by atoms with E-state index in [1.54, 1.807) is 0 Å². The molecule has 2 atom stereocenters. The van der Waals surface area contributed by atoms with Crippen molar-refractivity contribution in [3.63, 3.8) is 0 Å². The summed E-state index contributed by atoms with van der Waals surface area (Å²) in [4.78, 5) is 26.1. The van der Waals surface area contributed by atoms with Crippen molar-refractivity contribution in [3.05, 3.63) is 47.4 Å². The lowest BCUT2D eigenvalue weighted by Gasteiger charge is -2.56. The third-order valence-corrected chi connectivity index (χ3v) is 5.59. The highest BCUT2D eigenvalue weighted by Crippen LogP contribution is 2.34. The molecular weight excluding hydrogens is 338 g/mol. The number of aryl methyl sites for hydroxylation is 3. The number of carbonyl (C=O) groups is 1. The van der Waals surface area contributed by atoms with Crippen LogP contribution in [0.2, 0.25) is 0 Å². The van der Waals surface area contributed by atoms with E-state index in [0.717, 1.165) is 49.0 Å². The SMILES string of the molecule is CCc1ccc(NC(=O)CN2C3CC2CN(c2cc(C)nc(C)n2)C3)cc1. The van der Waals surface area contributed by atoms with E-state index in [2.05, 4.69) is 50.2 Å². The maximum atomic E-state index is 12.5. The van der Waals surface area contributed by atoms with E-state index in [9.17, 15) is 4.79 Å². The van der Waals surface area contributed by atoms with Gasteiger partial charge in [-0.05, 0) is 44.4 Å². The number of anilines is 2. The smallest absolute Gasteiger partial charge is 0.238 e. The van der Waals surface area contributed by atoms with Crippen LogP contribution in [-0.4, -0.2) is 52.5 Å². The fourth-order valence-electron chi connectivity index (χ4n) is 4.18. The third kappa shape index (κ3) is 3.81. The lowest BCUT2D eigenvalue weighted by atomic mass is 9.87. The van der Waals surface area contributed by atoms with Crippen LogP contribution in [0.5, 0.6) is 0 Å². The van der Waals surface area contributed by atoms with Crippen LogP contribution in [0, 0.1) is 13.8 Å². The first kappa shape index (κ1) is 17.9. The Labute approximate surface area is 160 Å². The van der Waals surface area contributed by atoms with Gasteiger partial charge in [0.25, 0.3) is 0 Å². The monoisotopic (exact) mass is 365 g/mol. The van der Waals surface area contributed by atoms with Crippen molar-refractivity contribution in [2.24, 2.45) is 0 Å². The Morgan fingerprint density at radius 1 is 1.15 bits per heavy atom. The van der Waals surface area contributed by atoms with Gasteiger partial charge in [0, 0.05) is 42.6 Å². The molecule has 1 N–H and O–H groups in total. The van der Waals surface area contributed by atoms with Crippen LogP contribution in [0.25, 0.3) is 0 Å². The van der Waals surface area contributed by atoms with Crippen LogP contribution in [0.1, 0.15) is 30.4 Å². The lowest BCUT2D eigenvalue weighted by molar-refractivity contribution is -0.121. The van der Waals surface area contributed by atoms with E-state index in [-0.39, 0.29) is 5.91 Å². The molecule has 1 aromatic heterocycles. The first-order chi connectivity index (χ1) is 13.0. The molecule has 2 aromatic rings. The zero-order valence-corrected chi connectivity index (χ0v) is 16.3. The number of piperazine rings is 1. The van der Waals surface area contributed by atoms with Gasteiger partial charge < -0.3 is 10.2 Å². The van der Waals surface area contributed by atoms with Crippen molar-refractivity contribution in [1.82, 2.24) is 14.9 Å². The minimum absolute atomic E-state index is 0.0659. The van der Waals surface area contributed by atoms with E-state index < -0.39 is 0 Å². The largest absolute Gasteiger partial charge is 0.353 e. The van der Waals surface area contributed by atoms with Gasteiger partial charge in [0.1, 0.15) is 11.6 Å². The normalized spacial score (nSPS) is 21.7. The van der Waals surface area contributed by atoms with Gasteiger partial charge in [0.15, 0.2) is 0 Å². The number of amides is 1. The van der Waals surface area contributed by atoms with Gasteiger partial charge in [-0.1, -0.05) is 19.1 Å². The molecule has 1 aromatic carbocycles. The Hall–Kier alpha value is -2.47. The number of fused-ring (bicyclic) bond motifs is 2. The molecule has 3 saturated heterocycles. The van der Waals surface area contributed by atoms with Gasteiger partial charge >= 0.3 is 0 Å². The van der Waals surface area contributed by atoms with E-state index in [4.69, 9.17) is 0 Å². The number of nitrogens with zero attached hydrogens (tertiary/aromatic N) is 4. The molecule has 6 nitrogen and oxygen atoms in total. The highest BCUT2D eigenvalue weighted by Gasteiger charge is 2.45. The molecule has 6 heteroatoms. The Morgan fingerprint density at radius 2 is 1.85 bits per heavy atom. The number of piperidine rings is 1. The molecule has 0 saturated carbocycles. The highest BCUT2D eigenvalue weighted by atomic mass is 16.2. The lowest BCUT2D eigenvalue weighted by Crippen LogP contribution is -2.69. The van der Waals surface area contributed by atoms with Crippen LogP contribution < -0.4 is 10.2 Å². The predicted octanol–water partition coefficient (Wildman–Crippen LogP) is 2.56. The molecule has 5 rings (SSSR count). The van der Waals surface area contributed by atoms with Crippen LogP contribution in [0.4, 0.5) is 11.5 Å². The first-order valence-corrected chi connectivity index (χ1v) is 9.73. The number of carbonyl (C=O) groups excluding carboxylic acids is 1. The number of aromatic nitrogens is 2. The standard InChI is InChI=1S/C21H27N5O/c1-4-16-5-7-17(8-6-16)24-21(27)13-26-18-10-19(26)12-25(11-18)20-9-14(2)22-15(3)23-20/h5-9,18-19H,4,10-13H2,1-3H3,(H,24,27). The van der Waals surface area contributed by atoms with Crippen LogP contribution in [0.15, 0.2) is 30.3 Å². The number of hydrogen-bond donors (Lipinski definition) is 1. The summed E-state index contributed by atoms with van der Waals surface area (Å²) in [7, 11) is 0. The molecule has 2 unspecified atom stereocenters. The van der Waals surface area contributed by atoms with Crippen LogP contribution >= 0.6 is 0 Å². The van der Waals surface area contributed by atoms with Gasteiger partial charge in [0.2, 0.25) is 5.91 Å². The zero-order valence-electron chi connectivity index (χ0n) is 16.3. The quantitative estimate of drug-likeness (QED) is 0.882. The predicted molar refractivity (Wildman–Crippen MR) is 107 cm³/mol. The molecule has 27 heavy (non-hydrogen) atoms. The van der Waals surface area contributed by atoms with Gasteiger partial charge in [-0.25, -0.2) is 9.97 Å². The van der Waals surface area contributed by atoms with Crippen LogP contribution in [0.3, 0.4) is 0 Å². The molecule has 0 radical (unpaired) electrons. The average molecular weight is 365 g/mol. The number of hydrogen-bond acceptors (Lipinski definition) is 5. The topological polar surface area (TPSA) is 61.4 Å². The summed E-state index contributed by atoms with van der Waals surface area (Å²) >= 11 is 0. The number of benzene rings is 1.